The van der Waals surface area contributed by atoms with Gasteiger partial charge in [-0.05, 0) is 30.3 Å². The molecule has 0 radical (unpaired) electrons. The van der Waals surface area contributed by atoms with Gasteiger partial charge in [-0.1, -0.05) is 24.3 Å². The predicted molar refractivity (Wildman–Crippen MR) is 66.2 cm³/mol. The average molecular weight is 228 g/mol. The second-order valence-electron chi connectivity index (χ2n) is 3.56. The van der Waals surface area contributed by atoms with E-state index < -0.39 is 5.97 Å². The average Bonchev–Trinajstić information content (AvgIpc) is 2.39. The normalized spacial score (nSPS) is 9.94. The maximum absolute atomic E-state index is 10.9. The molecule has 0 aromatic heterocycles. The molecule has 4 heteroatoms. The fourth-order valence-electron chi connectivity index (χ4n) is 1.53. The number of hydrogen-bond acceptors (Lipinski definition) is 3. The van der Waals surface area contributed by atoms with E-state index in [0.29, 0.717) is 5.69 Å². The maximum Gasteiger partial charge on any atom is 0.335 e. The molecule has 0 fully saturated rings. The quantitative estimate of drug-likeness (QED) is 0.625. The Morgan fingerprint density at radius 1 is 1.00 bits per heavy atom. The lowest BCUT2D eigenvalue weighted by atomic mass is 10.2. The van der Waals surface area contributed by atoms with E-state index in [-0.39, 0.29) is 5.56 Å². The predicted octanol–water partition coefficient (Wildman–Crippen LogP) is 2.40. The molecule has 0 atom stereocenters. The van der Waals surface area contributed by atoms with Crippen molar-refractivity contribution in [3.63, 3.8) is 0 Å². The number of anilines is 2. The minimum absolute atomic E-state index is 0.217. The second kappa shape index (κ2) is 4.67. The summed E-state index contributed by atoms with van der Waals surface area (Å²) in [7, 11) is 0. The number of carboxylic acid groups (broad SMARTS) is 1. The van der Waals surface area contributed by atoms with E-state index in [1.807, 2.05) is 30.3 Å². The Morgan fingerprint density at radius 2 is 1.65 bits per heavy atom. The highest BCUT2D eigenvalue weighted by Crippen LogP contribution is 2.22. The molecule has 2 aromatic rings. The third-order valence-electron chi connectivity index (χ3n) is 2.41. The molecular formula is C13H12N2O2. The molecule has 0 aliphatic carbocycles. The molecule has 86 valence electrons. The summed E-state index contributed by atoms with van der Waals surface area (Å²) in [5, 5.41) is 10.4. The van der Waals surface area contributed by atoms with Crippen molar-refractivity contribution in [1.82, 2.24) is 0 Å². The van der Waals surface area contributed by atoms with Crippen molar-refractivity contribution in [2.45, 2.75) is 0 Å². The summed E-state index contributed by atoms with van der Waals surface area (Å²) >= 11 is 0. The van der Waals surface area contributed by atoms with Crippen molar-refractivity contribution in [1.29, 1.82) is 0 Å². The first-order valence-electron chi connectivity index (χ1n) is 5.12. The van der Waals surface area contributed by atoms with Gasteiger partial charge in [-0.2, -0.15) is 0 Å². The minimum atomic E-state index is -0.965. The minimum Gasteiger partial charge on any atom is -0.478 e. The second-order valence-corrected chi connectivity index (χ2v) is 3.56. The molecule has 3 N–H and O–H groups in total. The Morgan fingerprint density at radius 3 is 2.29 bits per heavy atom. The summed E-state index contributed by atoms with van der Waals surface area (Å²) in [5.41, 5.74) is 1.65. The lowest BCUT2D eigenvalue weighted by molar-refractivity contribution is 0.0697. The van der Waals surface area contributed by atoms with E-state index >= 15 is 0 Å². The molecule has 0 amide bonds. The molecule has 0 aliphatic heterocycles. The maximum atomic E-state index is 10.9. The molecule has 0 spiro atoms. The number of para-hydroxylation sites is 1. The third kappa shape index (κ3) is 2.43. The van der Waals surface area contributed by atoms with Crippen LogP contribution < -0.4 is 10.9 Å². The van der Waals surface area contributed by atoms with E-state index in [9.17, 15) is 4.79 Å². The first-order chi connectivity index (χ1) is 8.18. The van der Waals surface area contributed by atoms with Crippen LogP contribution in [0.4, 0.5) is 11.4 Å². The Kier molecular flexibility index (Phi) is 3.07. The molecule has 2 rings (SSSR count). The van der Waals surface area contributed by atoms with Gasteiger partial charge in [-0.25, -0.2) is 10.6 Å². The zero-order valence-electron chi connectivity index (χ0n) is 9.08. The van der Waals surface area contributed by atoms with Crippen LogP contribution in [0.25, 0.3) is 0 Å². The molecule has 0 unspecified atom stereocenters. The number of nitrogens with zero attached hydrogens (tertiary/aromatic N) is 1. The van der Waals surface area contributed by atoms with E-state index in [0.717, 1.165) is 5.69 Å². The summed E-state index contributed by atoms with van der Waals surface area (Å²) in [5.74, 6) is 4.96. The Bertz CT molecular complexity index is 526. The monoisotopic (exact) mass is 228 g/mol. The van der Waals surface area contributed by atoms with Gasteiger partial charge < -0.3 is 5.11 Å². The first-order valence-corrected chi connectivity index (χ1v) is 5.12. The number of nitrogens with two attached hydrogens (primary N) is 1. The van der Waals surface area contributed by atoms with Crippen LogP contribution >= 0.6 is 0 Å². The van der Waals surface area contributed by atoms with E-state index in [1.165, 1.54) is 17.1 Å². The van der Waals surface area contributed by atoms with Crippen molar-refractivity contribution in [3.8, 4) is 0 Å². The van der Waals surface area contributed by atoms with Crippen LogP contribution in [0.3, 0.4) is 0 Å². The van der Waals surface area contributed by atoms with Crippen LogP contribution in [0.2, 0.25) is 0 Å². The number of rotatable bonds is 3. The van der Waals surface area contributed by atoms with Crippen LogP contribution in [0.1, 0.15) is 10.4 Å². The van der Waals surface area contributed by atoms with Gasteiger partial charge in [0.25, 0.3) is 0 Å². The van der Waals surface area contributed by atoms with Crippen molar-refractivity contribution in [2.75, 3.05) is 5.01 Å². The van der Waals surface area contributed by atoms with Crippen molar-refractivity contribution < 1.29 is 9.90 Å². The number of carboxylic acids is 1. The first kappa shape index (κ1) is 11.2. The van der Waals surface area contributed by atoms with Gasteiger partial charge >= 0.3 is 5.97 Å². The highest BCUT2D eigenvalue weighted by atomic mass is 16.4. The van der Waals surface area contributed by atoms with Gasteiger partial charge in [0.05, 0.1) is 16.9 Å². The summed E-state index contributed by atoms with van der Waals surface area (Å²) in [6, 6.07) is 15.8. The summed E-state index contributed by atoms with van der Waals surface area (Å²) in [6.07, 6.45) is 0. The largest absolute Gasteiger partial charge is 0.478 e. The third-order valence-corrected chi connectivity index (χ3v) is 2.41. The summed E-state index contributed by atoms with van der Waals surface area (Å²) in [6.45, 7) is 0. The lowest BCUT2D eigenvalue weighted by Gasteiger charge is -2.18. The topological polar surface area (TPSA) is 66.6 Å². The van der Waals surface area contributed by atoms with Crippen LogP contribution in [0, 0.1) is 0 Å². The zero-order valence-corrected chi connectivity index (χ0v) is 9.08. The van der Waals surface area contributed by atoms with Crippen molar-refractivity contribution >= 4 is 17.3 Å². The standard InChI is InChI=1S/C13H12N2O2/c14-15(11-6-2-1-3-7-11)12-8-4-5-10(9-12)13(16)17/h1-9H,14H2,(H,16,17). The number of hydrogen-bond donors (Lipinski definition) is 2. The Balaban J connectivity index is 2.34. The highest BCUT2D eigenvalue weighted by Gasteiger charge is 2.07. The van der Waals surface area contributed by atoms with Gasteiger partial charge in [-0.15, -0.1) is 0 Å². The Labute approximate surface area is 98.9 Å². The van der Waals surface area contributed by atoms with Crippen molar-refractivity contribution in [3.05, 3.63) is 60.2 Å². The van der Waals surface area contributed by atoms with Gasteiger partial charge in [0.15, 0.2) is 0 Å². The molecule has 0 aliphatic rings. The van der Waals surface area contributed by atoms with E-state index in [2.05, 4.69) is 0 Å². The lowest BCUT2D eigenvalue weighted by Crippen LogP contribution is -2.24. The number of aromatic carboxylic acids is 1. The number of benzene rings is 2. The fourth-order valence-corrected chi connectivity index (χ4v) is 1.53. The molecule has 0 saturated carbocycles. The van der Waals surface area contributed by atoms with E-state index in [4.69, 9.17) is 10.9 Å². The molecule has 17 heavy (non-hydrogen) atoms. The summed E-state index contributed by atoms with van der Waals surface area (Å²) in [4.78, 5) is 10.9. The van der Waals surface area contributed by atoms with Crippen LogP contribution in [-0.4, -0.2) is 11.1 Å². The molecule has 2 aromatic carbocycles. The Hall–Kier alpha value is -2.33. The zero-order chi connectivity index (χ0) is 12.3. The van der Waals surface area contributed by atoms with Crippen LogP contribution in [-0.2, 0) is 0 Å². The van der Waals surface area contributed by atoms with Crippen molar-refractivity contribution in [2.24, 2.45) is 5.84 Å². The molecule has 0 bridgehead atoms. The molecule has 4 nitrogen and oxygen atoms in total. The molecular weight excluding hydrogens is 216 g/mol. The van der Waals surface area contributed by atoms with Crippen LogP contribution in [0.5, 0.6) is 0 Å². The van der Waals surface area contributed by atoms with Gasteiger partial charge in [0, 0.05) is 0 Å². The fraction of sp³-hybridized carbons (Fsp3) is 0. The summed E-state index contributed by atoms with van der Waals surface area (Å²) < 4.78 is 0. The number of hydrazine groups is 1. The smallest absolute Gasteiger partial charge is 0.335 e. The van der Waals surface area contributed by atoms with E-state index in [1.54, 1.807) is 12.1 Å². The van der Waals surface area contributed by atoms with Gasteiger partial charge in [0.1, 0.15) is 0 Å². The SMILES string of the molecule is NN(c1ccccc1)c1cccc(C(=O)O)c1. The van der Waals surface area contributed by atoms with Gasteiger partial charge in [-0.3, -0.25) is 5.01 Å². The van der Waals surface area contributed by atoms with Gasteiger partial charge in [0.2, 0.25) is 0 Å². The number of carbonyl (C=O) groups is 1. The van der Waals surface area contributed by atoms with Crippen LogP contribution in [0.15, 0.2) is 54.6 Å². The molecule has 0 heterocycles. The molecule has 0 saturated heterocycles. The highest BCUT2D eigenvalue weighted by molar-refractivity contribution is 5.89.